The van der Waals surface area contributed by atoms with E-state index in [2.05, 4.69) is 0 Å². The van der Waals surface area contributed by atoms with Crippen molar-refractivity contribution < 1.29 is 32.3 Å². The van der Waals surface area contributed by atoms with Gasteiger partial charge in [0.15, 0.2) is 5.78 Å². The van der Waals surface area contributed by atoms with E-state index in [0.29, 0.717) is 12.1 Å². The quantitative estimate of drug-likeness (QED) is 0.682. The van der Waals surface area contributed by atoms with E-state index < -0.39 is 41.1 Å². The third kappa shape index (κ3) is 2.59. The van der Waals surface area contributed by atoms with Gasteiger partial charge >= 0.3 is 12.1 Å². The summed E-state index contributed by atoms with van der Waals surface area (Å²) in [6, 6.07) is 1.92. The second-order valence-corrected chi connectivity index (χ2v) is 4.34. The van der Waals surface area contributed by atoms with Crippen LogP contribution in [0.3, 0.4) is 0 Å². The molecule has 1 N–H and O–H groups in total. The minimum absolute atomic E-state index is 0.104. The maximum Gasteiger partial charge on any atom is 0.419 e. The van der Waals surface area contributed by atoms with Gasteiger partial charge in [0.05, 0.1) is 11.5 Å². The molecule has 1 aliphatic rings. The van der Waals surface area contributed by atoms with E-state index in [4.69, 9.17) is 5.11 Å². The van der Waals surface area contributed by atoms with Crippen LogP contribution in [0.1, 0.15) is 22.3 Å². The van der Waals surface area contributed by atoms with Gasteiger partial charge in [-0.05, 0) is 24.6 Å². The van der Waals surface area contributed by atoms with Crippen LogP contribution in [0.15, 0.2) is 18.2 Å². The van der Waals surface area contributed by atoms with Crippen molar-refractivity contribution in [2.24, 2.45) is 11.8 Å². The third-order valence-electron chi connectivity index (χ3n) is 3.00. The molecule has 1 aromatic carbocycles. The lowest BCUT2D eigenvalue weighted by Crippen LogP contribution is -2.12. The van der Waals surface area contributed by atoms with Crippen LogP contribution in [-0.2, 0) is 11.0 Å². The molecular formula is C12H8F4O3. The summed E-state index contributed by atoms with van der Waals surface area (Å²) < 4.78 is 50.4. The summed E-state index contributed by atoms with van der Waals surface area (Å²) in [6.45, 7) is 0. The van der Waals surface area contributed by atoms with Crippen molar-refractivity contribution in [3.8, 4) is 0 Å². The van der Waals surface area contributed by atoms with Crippen LogP contribution in [0.2, 0.25) is 0 Å². The molecule has 1 saturated carbocycles. The zero-order valence-electron chi connectivity index (χ0n) is 9.37. The molecule has 0 unspecified atom stereocenters. The highest BCUT2D eigenvalue weighted by molar-refractivity contribution is 6.02. The van der Waals surface area contributed by atoms with Crippen molar-refractivity contribution in [1.82, 2.24) is 0 Å². The Morgan fingerprint density at radius 1 is 1.21 bits per heavy atom. The number of carbonyl (C=O) groups excluding carboxylic acids is 1. The maximum absolute atomic E-state index is 13.0. The predicted octanol–water partition coefficient (Wildman–Crippen LogP) is 2.75. The molecule has 0 aliphatic heterocycles. The highest BCUT2D eigenvalue weighted by Crippen LogP contribution is 2.42. The molecule has 0 amide bonds. The lowest BCUT2D eigenvalue weighted by Gasteiger charge is -2.09. The Morgan fingerprint density at radius 3 is 2.32 bits per heavy atom. The summed E-state index contributed by atoms with van der Waals surface area (Å²) in [5.74, 6) is -4.99. The topological polar surface area (TPSA) is 54.4 Å². The van der Waals surface area contributed by atoms with E-state index in [9.17, 15) is 27.2 Å². The average molecular weight is 276 g/mol. The van der Waals surface area contributed by atoms with Gasteiger partial charge in [0.1, 0.15) is 5.82 Å². The molecule has 19 heavy (non-hydrogen) atoms. The fourth-order valence-electron chi connectivity index (χ4n) is 1.87. The molecule has 0 saturated heterocycles. The van der Waals surface area contributed by atoms with Crippen molar-refractivity contribution in [1.29, 1.82) is 0 Å². The van der Waals surface area contributed by atoms with Crippen LogP contribution < -0.4 is 0 Å². The Balaban J connectivity index is 2.28. The van der Waals surface area contributed by atoms with Crippen LogP contribution >= 0.6 is 0 Å². The first-order valence-electron chi connectivity index (χ1n) is 5.35. The molecule has 1 aliphatic carbocycles. The number of rotatable bonds is 3. The number of ketones is 1. The molecule has 7 heteroatoms. The van der Waals surface area contributed by atoms with Crippen LogP contribution in [0.25, 0.3) is 0 Å². The minimum atomic E-state index is -4.89. The highest BCUT2D eigenvalue weighted by atomic mass is 19.4. The largest absolute Gasteiger partial charge is 0.481 e. The summed E-state index contributed by atoms with van der Waals surface area (Å²) in [4.78, 5) is 22.4. The molecule has 0 aromatic heterocycles. The minimum Gasteiger partial charge on any atom is -0.481 e. The molecular weight excluding hydrogens is 268 g/mol. The molecule has 2 atom stereocenters. The summed E-state index contributed by atoms with van der Waals surface area (Å²) in [7, 11) is 0. The van der Waals surface area contributed by atoms with Gasteiger partial charge in [-0.1, -0.05) is 0 Å². The van der Waals surface area contributed by atoms with E-state index in [1.54, 1.807) is 0 Å². The first kappa shape index (κ1) is 13.5. The zero-order chi connectivity index (χ0) is 14.4. The number of aliphatic carboxylic acids is 1. The van der Waals surface area contributed by atoms with Crippen LogP contribution in [-0.4, -0.2) is 16.9 Å². The smallest absolute Gasteiger partial charge is 0.419 e. The number of carboxylic acid groups (broad SMARTS) is 1. The number of hydrogen-bond acceptors (Lipinski definition) is 2. The van der Waals surface area contributed by atoms with Crippen molar-refractivity contribution in [2.75, 3.05) is 0 Å². The highest BCUT2D eigenvalue weighted by Gasteiger charge is 2.48. The van der Waals surface area contributed by atoms with Crippen LogP contribution in [0.4, 0.5) is 17.6 Å². The van der Waals surface area contributed by atoms with E-state index in [-0.39, 0.29) is 12.0 Å². The number of Topliss-reactive ketones (excluding diaryl/α,β-unsaturated/α-hetero) is 1. The van der Waals surface area contributed by atoms with Crippen molar-refractivity contribution in [3.63, 3.8) is 0 Å². The van der Waals surface area contributed by atoms with Gasteiger partial charge in [0.25, 0.3) is 0 Å². The van der Waals surface area contributed by atoms with Crippen molar-refractivity contribution >= 4 is 11.8 Å². The monoisotopic (exact) mass is 276 g/mol. The first-order valence-corrected chi connectivity index (χ1v) is 5.35. The maximum atomic E-state index is 13.0. The molecule has 3 nitrogen and oxygen atoms in total. The van der Waals surface area contributed by atoms with Gasteiger partial charge in [-0.15, -0.1) is 0 Å². The van der Waals surface area contributed by atoms with Gasteiger partial charge < -0.3 is 5.11 Å². The number of hydrogen-bond donors (Lipinski definition) is 1. The molecule has 1 fully saturated rings. The molecule has 0 radical (unpaired) electrons. The van der Waals surface area contributed by atoms with Crippen molar-refractivity contribution in [3.05, 3.63) is 35.1 Å². The second-order valence-electron chi connectivity index (χ2n) is 4.34. The van der Waals surface area contributed by atoms with Gasteiger partial charge in [0, 0.05) is 11.5 Å². The standard InChI is InChI=1S/C12H8F4O3/c13-9-2-1-5(3-8(9)12(14,15)16)10(17)6-4-7(6)11(18)19/h1-3,6-7H,4H2,(H,18,19)/t6-,7+/m1/s1. The normalized spacial score (nSPS) is 22.1. The van der Waals surface area contributed by atoms with E-state index in [1.165, 1.54) is 0 Å². The summed E-state index contributed by atoms with van der Waals surface area (Å²) in [6.07, 6.45) is -4.79. The molecule has 0 spiro atoms. The Kier molecular flexibility index (Phi) is 3.07. The summed E-state index contributed by atoms with van der Waals surface area (Å²) in [5, 5.41) is 8.66. The second kappa shape index (κ2) is 4.32. The van der Waals surface area contributed by atoms with Gasteiger partial charge in [-0.25, -0.2) is 4.39 Å². The fourth-order valence-corrected chi connectivity index (χ4v) is 1.87. The van der Waals surface area contributed by atoms with E-state index in [0.717, 1.165) is 6.07 Å². The first-order chi connectivity index (χ1) is 8.71. The summed E-state index contributed by atoms with van der Waals surface area (Å²) in [5.41, 5.74) is -1.84. The number of carbonyl (C=O) groups is 2. The van der Waals surface area contributed by atoms with Crippen molar-refractivity contribution in [2.45, 2.75) is 12.6 Å². The number of carboxylic acids is 1. The van der Waals surface area contributed by atoms with Crippen LogP contribution in [0.5, 0.6) is 0 Å². The summed E-state index contributed by atoms with van der Waals surface area (Å²) >= 11 is 0. The Morgan fingerprint density at radius 2 is 1.84 bits per heavy atom. The SMILES string of the molecule is O=C(O)[C@H]1C[C@H]1C(=O)c1ccc(F)c(C(F)(F)F)c1. The number of alkyl halides is 3. The lowest BCUT2D eigenvalue weighted by atomic mass is 10.0. The lowest BCUT2D eigenvalue weighted by molar-refractivity contribution is -0.140. The number of halogens is 4. The Labute approximate surface area is 104 Å². The Hall–Kier alpha value is -1.92. The van der Waals surface area contributed by atoms with Gasteiger partial charge in [-0.3, -0.25) is 9.59 Å². The molecule has 0 bridgehead atoms. The Bertz CT molecular complexity index is 550. The predicted molar refractivity (Wildman–Crippen MR) is 55.0 cm³/mol. The van der Waals surface area contributed by atoms with E-state index in [1.807, 2.05) is 0 Å². The molecule has 1 aromatic rings. The van der Waals surface area contributed by atoms with Gasteiger partial charge in [0.2, 0.25) is 0 Å². The van der Waals surface area contributed by atoms with Gasteiger partial charge in [-0.2, -0.15) is 13.2 Å². The number of benzene rings is 1. The van der Waals surface area contributed by atoms with Crippen LogP contribution in [0, 0.1) is 17.7 Å². The average Bonchev–Trinajstić information content (AvgIpc) is 3.07. The third-order valence-corrected chi connectivity index (χ3v) is 3.00. The zero-order valence-corrected chi connectivity index (χ0v) is 9.37. The molecule has 2 rings (SSSR count). The molecule has 102 valence electrons. The van der Waals surface area contributed by atoms with E-state index >= 15 is 0 Å². The molecule has 0 heterocycles. The fraction of sp³-hybridized carbons (Fsp3) is 0.333.